The molecule has 1 saturated carbocycles. The molecule has 6 nitrogen and oxygen atoms in total. The van der Waals surface area contributed by atoms with Crippen molar-refractivity contribution in [1.82, 2.24) is 15.1 Å². The summed E-state index contributed by atoms with van der Waals surface area (Å²) in [6.07, 6.45) is 5.97. The van der Waals surface area contributed by atoms with Crippen molar-refractivity contribution < 1.29 is 4.79 Å². The fourth-order valence-corrected chi connectivity index (χ4v) is 4.14. The molecule has 2 aromatic rings. The second-order valence-electron chi connectivity index (χ2n) is 7.32. The molecule has 0 spiro atoms. The molecule has 1 N–H and O–H groups in total. The number of anilines is 1. The Morgan fingerprint density at radius 1 is 1.27 bits per heavy atom. The van der Waals surface area contributed by atoms with Crippen molar-refractivity contribution in [3.8, 4) is 0 Å². The lowest BCUT2D eigenvalue weighted by atomic mass is 10.0. The number of aromatic nitrogens is 2. The molecule has 4 rings (SSSR count). The number of carbonyl (C=O) groups excluding carboxylic acids is 1. The number of piperidine rings is 1. The van der Waals surface area contributed by atoms with Crippen molar-refractivity contribution in [3.63, 3.8) is 0 Å². The maximum atomic E-state index is 12.3. The van der Waals surface area contributed by atoms with E-state index in [2.05, 4.69) is 15.3 Å². The number of nitrogens with one attached hydrogen (secondary N) is 1. The molecule has 1 saturated heterocycles. The zero-order chi connectivity index (χ0) is 18.1. The Morgan fingerprint density at radius 3 is 2.65 bits per heavy atom. The Hall–Kier alpha value is -2.15. The van der Waals surface area contributed by atoms with Crippen LogP contribution in [0, 0.1) is 12.8 Å². The van der Waals surface area contributed by atoms with Crippen LogP contribution in [0.2, 0.25) is 0 Å². The van der Waals surface area contributed by atoms with Crippen LogP contribution in [0.25, 0.3) is 0 Å². The molecule has 2 fully saturated rings. The lowest BCUT2D eigenvalue weighted by molar-refractivity contribution is 0.0935. The normalized spacial score (nSPS) is 18.1. The highest BCUT2D eigenvalue weighted by molar-refractivity contribution is 7.13. The van der Waals surface area contributed by atoms with E-state index in [9.17, 15) is 9.59 Å². The molecule has 138 valence electrons. The van der Waals surface area contributed by atoms with E-state index in [4.69, 9.17) is 0 Å². The number of amides is 1. The quantitative estimate of drug-likeness (QED) is 0.875. The molecule has 0 unspecified atom stereocenters. The van der Waals surface area contributed by atoms with Crippen molar-refractivity contribution in [2.75, 3.05) is 18.0 Å². The average Bonchev–Trinajstić information content (AvgIpc) is 3.35. The van der Waals surface area contributed by atoms with Gasteiger partial charge in [-0.05, 0) is 50.7 Å². The fraction of sp³-hybridized carbons (Fsp3) is 0.526. The average molecular weight is 372 g/mol. The summed E-state index contributed by atoms with van der Waals surface area (Å²) in [7, 11) is 0. The minimum Gasteiger partial charge on any atom is -0.370 e. The van der Waals surface area contributed by atoms with Crippen molar-refractivity contribution in [3.05, 3.63) is 44.5 Å². The molecule has 0 bridgehead atoms. The van der Waals surface area contributed by atoms with E-state index in [1.807, 2.05) is 19.1 Å². The summed E-state index contributed by atoms with van der Waals surface area (Å²) in [6, 6.07) is 5.74. The minimum atomic E-state index is -0.0158. The van der Waals surface area contributed by atoms with Gasteiger partial charge in [0.25, 0.3) is 11.5 Å². The van der Waals surface area contributed by atoms with Gasteiger partial charge in [0.2, 0.25) is 0 Å². The lowest BCUT2D eigenvalue weighted by Crippen LogP contribution is -2.45. The largest absolute Gasteiger partial charge is 0.370 e. The predicted octanol–water partition coefficient (Wildman–Crippen LogP) is 2.42. The Balaban J connectivity index is 1.32. The van der Waals surface area contributed by atoms with Crippen molar-refractivity contribution >= 4 is 22.9 Å². The van der Waals surface area contributed by atoms with Gasteiger partial charge in [-0.3, -0.25) is 9.59 Å². The molecule has 26 heavy (non-hydrogen) atoms. The first-order valence-electron chi connectivity index (χ1n) is 9.28. The van der Waals surface area contributed by atoms with Crippen LogP contribution in [0.1, 0.15) is 40.2 Å². The number of rotatable bonds is 5. The van der Waals surface area contributed by atoms with Crippen LogP contribution in [-0.2, 0) is 6.54 Å². The molecular weight excluding hydrogens is 348 g/mol. The number of hydrogen-bond acceptors (Lipinski definition) is 5. The third-order valence-electron chi connectivity index (χ3n) is 5.14. The highest BCUT2D eigenvalue weighted by Crippen LogP contribution is 2.29. The molecule has 0 atom stereocenters. The van der Waals surface area contributed by atoms with E-state index < -0.39 is 0 Å². The van der Waals surface area contributed by atoms with Gasteiger partial charge in [0, 0.05) is 36.6 Å². The highest BCUT2D eigenvalue weighted by atomic mass is 32.1. The van der Waals surface area contributed by atoms with Crippen LogP contribution >= 0.6 is 11.3 Å². The van der Waals surface area contributed by atoms with Crippen LogP contribution in [-0.4, -0.2) is 34.8 Å². The molecule has 1 aliphatic heterocycles. The summed E-state index contributed by atoms with van der Waals surface area (Å²) < 4.78 is 1.58. The van der Waals surface area contributed by atoms with Gasteiger partial charge in [-0.25, -0.2) is 4.68 Å². The molecule has 7 heteroatoms. The Morgan fingerprint density at radius 2 is 2.04 bits per heavy atom. The zero-order valence-corrected chi connectivity index (χ0v) is 15.8. The summed E-state index contributed by atoms with van der Waals surface area (Å²) in [5.41, 5.74) is 0.874. The Kier molecular flexibility index (Phi) is 4.80. The van der Waals surface area contributed by atoms with E-state index in [-0.39, 0.29) is 17.5 Å². The molecular formula is C19H24N4O2S. The highest BCUT2D eigenvalue weighted by Gasteiger charge is 2.24. The second kappa shape index (κ2) is 7.23. The second-order valence-corrected chi connectivity index (χ2v) is 8.61. The smallest absolute Gasteiger partial charge is 0.268 e. The van der Waals surface area contributed by atoms with Crippen LogP contribution < -0.4 is 15.8 Å². The monoisotopic (exact) mass is 372 g/mol. The number of carbonyl (C=O) groups is 1. The zero-order valence-electron chi connectivity index (χ0n) is 15.0. The third kappa shape index (κ3) is 3.98. The van der Waals surface area contributed by atoms with Crippen LogP contribution in [0.5, 0.6) is 0 Å². The molecule has 3 heterocycles. The minimum absolute atomic E-state index is 0.0158. The fourth-order valence-electron chi connectivity index (χ4n) is 3.37. The van der Waals surface area contributed by atoms with Gasteiger partial charge >= 0.3 is 0 Å². The van der Waals surface area contributed by atoms with E-state index in [0.717, 1.165) is 47.9 Å². The summed E-state index contributed by atoms with van der Waals surface area (Å²) in [4.78, 5) is 28.6. The number of nitrogens with zero attached hydrogens (tertiary/aromatic N) is 3. The van der Waals surface area contributed by atoms with Crippen LogP contribution in [0.4, 0.5) is 5.69 Å². The molecule has 0 radical (unpaired) electrons. The SMILES string of the molecule is Cc1ccc(C(=O)NC2CCN(c3cnn(CC4CC4)c(=O)c3)CC2)s1. The predicted molar refractivity (Wildman–Crippen MR) is 103 cm³/mol. The molecule has 0 aromatic carbocycles. The number of aryl methyl sites for hydroxylation is 1. The first-order chi connectivity index (χ1) is 12.6. The van der Waals surface area contributed by atoms with Crippen LogP contribution in [0.15, 0.2) is 29.2 Å². The van der Waals surface area contributed by atoms with E-state index in [0.29, 0.717) is 5.92 Å². The first kappa shape index (κ1) is 17.3. The van der Waals surface area contributed by atoms with Gasteiger partial charge < -0.3 is 10.2 Å². The van der Waals surface area contributed by atoms with Gasteiger partial charge in [-0.15, -0.1) is 11.3 Å². The summed E-state index contributed by atoms with van der Waals surface area (Å²) in [6.45, 7) is 4.40. The summed E-state index contributed by atoms with van der Waals surface area (Å²) in [5, 5.41) is 7.47. The summed E-state index contributed by atoms with van der Waals surface area (Å²) in [5.74, 6) is 0.656. The van der Waals surface area contributed by atoms with Crippen LogP contribution in [0.3, 0.4) is 0 Å². The van der Waals surface area contributed by atoms with E-state index in [1.54, 1.807) is 16.9 Å². The maximum Gasteiger partial charge on any atom is 0.268 e. The molecule has 2 aromatic heterocycles. The first-order valence-corrected chi connectivity index (χ1v) is 10.1. The Labute approximate surface area is 156 Å². The van der Waals surface area contributed by atoms with Gasteiger partial charge in [0.1, 0.15) is 0 Å². The van der Waals surface area contributed by atoms with E-state index in [1.165, 1.54) is 24.2 Å². The summed E-state index contributed by atoms with van der Waals surface area (Å²) >= 11 is 1.53. The van der Waals surface area contributed by atoms with Crippen molar-refractivity contribution in [2.45, 2.75) is 45.2 Å². The Bertz CT molecular complexity index is 847. The lowest BCUT2D eigenvalue weighted by Gasteiger charge is -2.33. The van der Waals surface area contributed by atoms with Gasteiger partial charge in [0.15, 0.2) is 0 Å². The third-order valence-corrected chi connectivity index (χ3v) is 6.14. The van der Waals surface area contributed by atoms with Gasteiger partial charge in [-0.2, -0.15) is 5.10 Å². The topological polar surface area (TPSA) is 67.2 Å². The van der Waals surface area contributed by atoms with Crippen molar-refractivity contribution in [2.24, 2.45) is 5.92 Å². The molecule has 2 aliphatic rings. The molecule has 1 aliphatic carbocycles. The van der Waals surface area contributed by atoms with Gasteiger partial charge in [-0.1, -0.05) is 0 Å². The van der Waals surface area contributed by atoms with Gasteiger partial charge in [0.05, 0.1) is 16.8 Å². The van der Waals surface area contributed by atoms with E-state index >= 15 is 0 Å². The number of hydrogen-bond donors (Lipinski definition) is 1. The van der Waals surface area contributed by atoms with Crippen molar-refractivity contribution in [1.29, 1.82) is 0 Å². The maximum absolute atomic E-state index is 12.3. The molecule has 1 amide bonds. The standard InChI is InChI=1S/C19H24N4O2S/c1-13-2-5-17(26-13)19(25)21-15-6-8-22(9-7-15)16-10-18(24)23(20-11-16)12-14-3-4-14/h2,5,10-11,14-15H,3-4,6-9,12H2,1H3,(H,21,25). The number of thiophene rings is 1.